The molecule has 0 radical (unpaired) electrons. The van der Waals surface area contributed by atoms with Crippen molar-refractivity contribution < 1.29 is 4.79 Å². The highest BCUT2D eigenvalue weighted by Crippen LogP contribution is 2.62. The van der Waals surface area contributed by atoms with Crippen molar-refractivity contribution in [2.24, 2.45) is 10.8 Å². The van der Waals surface area contributed by atoms with Gasteiger partial charge >= 0.3 is 0 Å². The molecule has 2 fully saturated rings. The van der Waals surface area contributed by atoms with E-state index >= 15 is 0 Å². The normalized spacial score (nSPS) is 36.1. The van der Waals surface area contributed by atoms with Gasteiger partial charge in [-0.25, -0.2) is 0 Å². The van der Waals surface area contributed by atoms with Gasteiger partial charge in [0, 0.05) is 6.04 Å². The molecule has 0 aromatic rings. The summed E-state index contributed by atoms with van der Waals surface area (Å²) in [4.78, 5) is 12.2. The molecule has 16 heavy (non-hydrogen) atoms. The quantitative estimate of drug-likeness (QED) is 0.749. The zero-order valence-electron chi connectivity index (χ0n) is 11.1. The number of carbonyl (C=O) groups excluding carboxylic acids is 1. The molecule has 92 valence electrons. The first-order valence-electron chi connectivity index (χ1n) is 6.28. The highest BCUT2D eigenvalue weighted by Gasteiger charge is 2.66. The summed E-state index contributed by atoms with van der Waals surface area (Å²) < 4.78 is 0. The monoisotopic (exact) mass is 224 g/mol. The molecule has 2 aliphatic rings. The maximum Gasteiger partial charge on any atom is 0.240 e. The second kappa shape index (κ2) is 3.22. The van der Waals surface area contributed by atoms with Crippen molar-refractivity contribution in [3.63, 3.8) is 0 Å². The van der Waals surface area contributed by atoms with Crippen LogP contribution in [0.25, 0.3) is 0 Å². The molecule has 1 aliphatic heterocycles. The van der Waals surface area contributed by atoms with Crippen LogP contribution in [0.1, 0.15) is 47.5 Å². The maximum atomic E-state index is 12.2. The van der Waals surface area contributed by atoms with E-state index in [-0.39, 0.29) is 22.3 Å². The van der Waals surface area contributed by atoms with E-state index in [2.05, 4.69) is 38.3 Å². The third-order valence-corrected chi connectivity index (χ3v) is 5.17. The fourth-order valence-corrected chi connectivity index (χ4v) is 2.94. The van der Waals surface area contributed by atoms with Gasteiger partial charge in [-0.1, -0.05) is 27.7 Å². The van der Waals surface area contributed by atoms with E-state index in [0.717, 1.165) is 19.4 Å². The average molecular weight is 224 g/mol. The lowest BCUT2D eigenvalue weighted by Gasteiger charge is -2.23. The van der Waals surface area contributed by atoms with Crippen molar-refractivity contribution >= 4 is 5.91 Å². The van der Waals surface area contributed by atoms with Crippen LogP contribution >= 0.6 is 0 Å². The van der Waals surface area contributed by atoms with E-state index in [9.17, 15) is 4.79 Å². The highest BCUT2D eigenvalue weighted by atomic mass is 16.2. The molecule has 0 bridgehead atoms. The Hall–Kier alpha value is -0.570. The molecule has 1 amide bonds. The van der Waals surface area contributed by atoms with Crippen molar-refractivity contribution in [3.05, 3.63) is 0 Å². The molecule has 1 aliphatic carbocycles. The van der Waals surface area contributed by atoms with E-state index in [1.54, 1.807) is 0 Å². The van der Waals surface area contributed by atoms with E-state index in [1.165, 1.54) is 0 Å². The van der Waals surface area contributed by atoms with Gasteiger partial charge in [-0.2, -0.15) is 0 Å². The summed E-state index contributed by atoms with van der Waals surface area (Å²) in [5, 5.41) is 6.52. The van der Waals surface area contributed by atoms with Crippen molar-refractivity contribution in [1.29, 1.82) is 0 Å². The van der Waals surface area contributed by atoms with Crippen molar-refractivity contribution in [2.75, 3.05) is 6.54 Å². The molecule has 1 atom stereocenters. The minimum Gasteiger partial charge on any atom is -0.351 e. The van der Waals surface area contributed by atoms with E-state index in [0.29, 0.717) is 6.04 Å². The van der Waals surface area contributed by atoms with Gasteiger partial charge in [0.2, 0.25) is 5.91 Å². The summed E-state index contributed by atoms with van der Waals surface area (Å²) in [6.45, 7) is 11.9. The Morgan fingerprint density at radius 3 is 2.12 bits per heavy atom. The molecule has 0 aromatic heterocycles. The average Bonchev–Trinajstić information content (AvgIpc) is 2.59. The Morgan fingerprint density at radius 2 is 1.75 bits per heavy atom. The van der Waals surface area contributed by atoms with Crippen LogP contribution in [0, 0.1) is 10.8 Å². The zero-order valence-corrected chi connectivity index (χ0v) is 11.1. The summed E-state index contributed by atoms with van der Waals surface area (Å²) >= 11 is 0. The van der Waals surface area contributed by atoms with Crippen molar-refractivity contribution in [1.82, 2.24) is 10.6 Å². The Kier molecular flexibility index (Phi) is 2.40. The van der Waals surface area contributed by atoms with Gasteiger partial charge in [0.05, 0.1) is 5.54 Å². The maximum absolute atomic E-state index is 12.2. The summed E-state index contributed by atoms with van der Waals surface area (Å²) in [6, 6.07) is 0.312. The number of hydrogen-bond donors (Lipinski definition) is 2. The second-order valence-electron chi connectivity index (χ2n) is 6.71. The number of amides is 1. The highest BCUT2D eigenvalue weighted by molar-refractivity contribution is 5.87. The fourth-order valence-electron chi connectivity index (χ4n) is 2.94. The van der Waals surface area contributed by atoms with Gasteiger partial charge in [-0.05, 0) is 37.1 Å². The van der Waals surface area contributed by atoms with Crippen LogP contribution in [0.5, 0.6) is 0 Å². The molecule has 3 nitrogen and oxygen atoms in total. The molecular formula is C13H24N2O. The molecule has 1 saturated heterocycles. The predicted molar refractivity (Wildman–Crippen MR) is 65.1 cm³/mol. The molecule has 2 rings (SSSR count). The fraction of sp³-hybridized carbons (Fsp3) is 0.923. The predicted octanol–water partition coefficient (Wildman–Crippen LogP) is 1.68. The number of nitrogens with one attached hydrogen (secondary N) is 2. The third-order valence-electron chi connectivity index (χ3n) is 5.17. The first-order valence-corrected chi connectivity index (χ1v) is 6.28. The van der Waals surface area contributed by atoms with Crippen LogP contribution in [-0.4, -0.2) is 24.0 Å². The number of carbonyl (C=O) groups is 1. The minimum absolute atomic E-state index is 0.175. The summed E-state index contributed by atoms with van der Waals surface area (Å²) in [7, 11) is 0. The van der Waals surface area contributed by atoms with E-state index in [1.807, 2.05) is 6.92 Å². The molecule has 0 aromatic carbocycles. The Labute approximate surface area is 98.4 Å². The third kappa shape index (κ3) is 1.48. The van der Waals surface area contributed by atoms with Gasteiger partial charge in [-0.15, -0.1) is 0 Å². The summed E-state index contributed by atoms with van der Waals surface area (Å²) in [5.41, 5.74) is 0.101. The van der Waals surface area contributed by atoms with Gasteiger partial charge in [0.25, 0.3) is 0 Å². The van der Waals surface area contributed by atoms with Crippen LogP contribution in [0.4, 0.5) is 0 Å². The summed E-state index contributed by atoms with van der Waals surface area (Å²) in [6.07, 6.45) is 2.05. The van der Waals surface area contributed by atoms with Gasteiger partial charge in [0.15, 0.2) is 0 Å². The Balaban J connectivity index is 2.00. The standard InChI is InChI=1S/C13H24N2O/c1-11(2)9(12(11,3)4)15-10(16)13(5)7-6-8-14-13/h9,14H,6-8H2,1-5H3,(H,15,16). The lowest BCUT2D eigenvalue weighted by molar-refractivity contribution is -0.126. The van der Waals surface area contributed by atoms with Crippen LogP contribution in [0.15, 0.2) is 0 Å². The molecule has 2 N–H and O–H groups in total. The first kappa shape index (κ1) is 11.9. The molecular weight excluding hydrogens is 200 g/mol. The van der Waals surface area contributed by atoms with Crippen molar-refractivity contribution in [2.45, 2.75) is 59.0 Å². The largest absolute Gasteiger partial charge is 0.351 e. The van der Waals surface area contributed by atoms with Crippen LogP contribution < -0.4 is 10.6 Å². The molecule has 0 spiro atoms. The Bertz CT molecular complexity index is 300. The van der Waals surface area contributed by atoms with Gasteiger partial charge in [-0.3, -0.25) is 4.79 Å². The molecule has 1 unspecified atom stereocenters. The van der Waals surface area contributed by atoms with E-state index < -0.39 is 0 Å². The second-order valence-corrected chi connectivity index (χ2v) is 6.71. The van der Waals surface area contributed by atoms with Gasteiger partial charge < -0.3 is 10.6 Å². The van der Waals surface area contributed by atoms with Crippen LogP contribution in [0.2, 0.25) is 0 Å². The number of rotatable bonds is 2. The first-order chi connectivity index (χ1) is 7.22. The van der Waals surface area contributed by atoms with Crippen molar-refractivity contribution in [3.8, 4) is 0 Å². The summed E-state index contributed by atoms with van der Waals surface area (Å²) in [5.74, 6) is 0.175. The molecule has 1 saturated carbocycles. The zero-order chi connectivity index (χ0) is 12.2. The smallest absolute Gasteiger partial charge is 0.240 e. The molecule has 1 heterocycles. The minimum atomic E-state index is -0.339. The van der Waals surface area contributed by atoms with Crippen LogP contribution in [-0.2, 0) is 4.79 Å². The topological polar surface area (TPSA) is 41.1 Å². The number of hydrogen-bond acceptors (Lipinski definition) is 2. The van der Waals surface area contributed by atoms with Crippen LogP contribution in [0.3, 0.4) is 0 Å². The lowest BCUT2D eigenvalue weighted by atomic mass is 9.99. The Morgan fingerprint density at radius 1 is 1.19 bits per heavy atom. The SMILES string of the molecule is CC1(C(=O)NC2C(C)(C)C2(C)C)CCCN1. The van der Waals surface area contributed by atoms with Gasteiger partial charge in [0.1, 0.15) is 0 Å². The lowest BCUT2D eigenvalue weighted by Crippen LogP contribution is -2.52. The molecule has 3 heteroatoms. The van der Waals surface area contributed by atoms with E-state index in [4.69, 9.17) is 0 Å².